The molecule has 0 radical (unpaired) electrons. The largest absolute Gasteiger partial charge is 0.482 e. The molecule has 1 N–H and O–H groups in total. The van der Waals surface area contributed by atoms with Crippen molar-refractivity contribution in [2.45, 2.75) is 31.9 Å². The minimum atomic E-state index is -4.80. The molecule has 13 heteroatoms. The number of alkyl halides is 3. The van der Waals surface area contributed by atoms with E-state index < -0.39 is 53.9 Å². The number of rotatable bonds is 9. The summed E-state index contributed by atoms with van der Waals surface area (Å²) in [7, 11) is 0. The van der Waals surface area contributed by atoms with Gasteiger partial charge in [-0.1, -0.05) is 43.0 Å². The number of halogens is 3. The van der Waals surface area contributed by atoms with E-state index in [2.05, 4.69) is 16.7 Å². The highest BCUT2D eigenvalue weighted by Gasteiger charge is 2.36. The van der Waals surface area contributed by atoms with Crippen LogP contribution in [0.25, 0.3) is 0 Å². The molecule has 10 nitrogen and oxygen atoms in total. The SMILES string of the molecule is C=CCOC(=O)N1C(Nn2ccc(=O)c(OCc3ccccc3)c2C(=O)OCC(F)(F)F)COC[C@@H]1C. The van der Waals surface area contributed by atoms with Crippen molar-refractivity contribution in [3.8, 4) is 5.75 Å². The fourth-order valence-corrected chi connectivity index (χ4v) is 3.49. The van der Waals surface area contributed by atoms with Crippen LogP contribution in [0.1, 0.15) is 23.0 Å². The van der Waals surface area contributed by atoms with Gasteiger partial charge < -0.3 is 24.4 Å². The molecule has 2 aromatic rings. The Kier molecular flexibility index (Phi) is 9.17. The lowest BCUT2D eigenvalue weighted by molar-refractivity contribution is -0.161. The number of pyridine rings is 1. The molecule has 1 saturated heterocycles. The van der Waals surface area contributed by atoms with Crippen molar-refractivity contribution in [1.82, 2.24) is 9.58 Å². The third kappa shape index (κ3) is 7.49. The Morgan fingerprint density at radius 2 is 1.92 bits per heavy atom. The summed E-state index contributed by atoms with van der Waals surface area (Å²) in [4.78, 5) is 39.4. The number of benzene rings is 1. The summed E-state index contributed by atoms with van der Waals surface area (Å²) in [5.74, 6) is -1.99. The molecule has 1 aliphatic heterocycles. The molecule has 0 aliphatic carbocycles. The van der Waals surface area contributed by atoms with Gasteiger partial charge in [-0.15, -0.1) is 0 Å². The second kappa shape index (κ2) is 12.3. The van der Waals surface area contributed by atoms with Gasteiger partial charge in [0.25, 0.3) is 0 Å². The molecule has 1 fully saturated rings. The van der Waals surface area contributed by atoms with Gasteiger partial charge in [0.1, 0.15) is 19.4 Å². The first-order valence-electron chi connectivity index (χ1n) is 11.2. The molecule has 0 spiro atoms. The summed E-state index contributed by atoms with van der Waals surface area (Å²) in [6.07, 6.45) is -3.94. The number of aromatic nitrogens is 1. The third-order valence-electron chi connectivity index (χ3n) is 5.11. The number of nitrogens with one attached hydrogen (secondary N) is 1. The molecule has 2 atom stereocenters. The molecule has 37 heavy (non-hydrogen) atoms. The van der Waals surface area contributed by atoms with Crippen LogP contribution in [-0.4, -0.2) is 66.5 Å². The van der Waals surface area contributed by atoms with Gasteiger partial charge in [0.15, 0.2) is 18.1 Å². The number of carbonyl (C=O) groups is 2. The second-order valence-corrected chi connectivity index (χ2v) is 8.00. The monoisotopic (exact) mass is 525 g/mol. The van der Waals surface area contributed by atoms with Gasteiger partial charge in [-0.3, -0.25) is 14.4 Å². The van der Waals surface area contributed by atoms with E-state index in [0.29, 0.717) is 5.56 Å². The zero-order valence-electron chi connectivity index (χ0n) is 19.9. The van der Waals surface area contributed by atoms with Crippen molar-refractivity contribution in [1.29, 1.82) is 0 Å². The molecular formula is C24H26F3N3O7. The van der Waals surface area contributed by atoms with E-state index >= 15 is 0 Å². The van der Waals surface area contributed by atoms with Gasteiger partial charge in [-0.05, 0) is 12.5 Å². The van der Waals surface area contributed by atoms with Gasteiger partial charge in [0.05, 0.1) is 19.3 Å². The number of amides is 1. The normalized spacial score (nSPS) is 17.6. The van der Waals surface area contributed by atoms with Crippen LogP contribution >= 0.6 is 0 Å². The molecule has 3 rings (SSSR count). The van der Waals surface area contributed by atoms with Crippen molar-refractivity contribution < 1.29 is 41.7 Å². The number of hydrogen-bond donors (Lipinski definition) is 1. The lowest BCUT2D eigenvalue weighted by Gasteiger charge is -2.40. The molecule has 1 unspecified atom stereocenters. The van der Waals surface area contributed by atoms with Crippen LogP contribution in [0, 0.1) is 0 Å². The summed E-state index contributed by atoms with van der Waals surface area (Å²) < 4.78 is 59.9. The summed E-state index contributed by atoms with van der Waals surface area (Å²) in [5.41, 5.74) is 2.08. The molecule has 0 saturated carbocycles. The quantitative estimate of drug-likeness (QED) is 0.393. The fourth-order valence-electron chi connectivity index (χ4n) is 3.49. The average molecular weight is 525 g/mol. The van der Waals surface area contributed by atoms with Crippen LogP contribution in [0.3, 0.4) is 0 Å². The summed E-state index contributed by atoms with van der Waals surface area (Å²) >= 11 is 0. The maximum Gasteiger partial charge on any atom is 0.422 e. The Hall–Kier alpha value is -4.00. The van der Waals surface area contributed by atoms with Gasteiger partial charge in [-0.25, -0.2) is 9.59 Å². The van der Waals surface area contributed by atoms with Crippen LogP contribution < -0.4 is 15.6 Å². The highest BCUT2D eigenvalue weighted by Crippen LogP contribution is 2.21. The minimum absolute atomic E-state index is 0.0554. The Morgan fingerprint density at radius 3 is 2.59 bits per heavy atom. The van der Waals surface area contributed by atoms with Crippen LogP contribution in [0.4, 0.5) is 18.0 Å². The van der Waals surface area contributed by atoms with Gasteiger partial charge >= 0.3 is 18.2 Å². The van der Waals surface area contributed by atoms with Crippen molar-refractivity contribution >= 4 is 12.1 Å². The number of morpholine rings is 1. The van der Waals surface area contributed by atoms with Crippen molar-refractivity contribution in [2.24, 2.45) is 0 Å². The fraction of sp³-hybridized carbons (Fsp3) is 0.375. The lowest BCUT2D eigenvalue weighted by Crippen LogP contribution is -2.59. The second-order valence-electron chi connectivity index (χ2n) is 8.00. The van der Waals surface area contributed by atoms with Crippen LogP contribution in [0.2, 0.25) is 0 Å². The number of nitrogens with zero attached hydrogens (tertiary/aromatic N) is 2. The van der Waals surface area contributed by atoms with Crippen molar-refractivity contribution in [2.75, 3.05) is 31.9 Å². The van der Waals surface area contributed by atoms with E-state index in [-0.39, 0.29) is 26.4 Å². The highest BCUT2D eigenvalue weighted by atomic mass is 19.4. The smallest absolute Gasteiger partial charge is 0.422 e. The van der Waals surface area contributed by atoms with E-state index in [1.165, 1.54) is 11.0 Å². The average Bonchev–Trinajstić information content (AvgIpc) is 2.86. The molecule has 1 aromatic carbocycles. The Bertz CT molecular complexity index is 1150. The summed E-state index contributed by atoms with van der Waals surface area (Å²) in [6, 6.07) is 9.23. The Labute approximate surface area is 210 Å². The Morgan fingerprint density at radius 1 is 1.19 bits per heavy atom. The van der Waals surface area contributed by atoms with Crippen molar-refractivity contribution in [3.05, 3.63) is 76.7 Å². The minimum Gasteiger partial charge on any atom is -0.482 e. The van der Waals surface area contributed by atoms with Crippen LogP contribution in [0.5, 0.6) is 5.75 Å². The first-order valence-corrected chi connectivity index (χ1v) is 11.2. The summed E-state index contributed by atoms with van der Waals surface area (Å²) in [6.45, 7) is 3.24. The molecule has 200 valence electrons. The number of esters is 1. The first-order chi connectivity index (χ1) is 17.6. The molecule has 0 bridgehead atoms. The van der Waals surface area contributed by atoms with E-state index in [1.54, 1.807) is 37.3 Å². The molecular weight excluding hydrogens is 499 g/mol. The van der Waals surface area contributed by atoms with E-state index in [4.69, 9.17) is 14.2 Å². The predicted molar refractivity (Wildman–Crippen MR) is 125 cm³/mol. The molecule has 1 aliphatic rings. The maximum absolute atomic E-state index is 12.8. The molecule has 2 heterocycles. The topological polar surface area (TPSA) is 108 Å². The third-order valence-corrected chi connectivity index (χ3v) is 5.11. The zero-order chi connectivity index (χ0) is 27.0. The molecule has 1 amide bonds. The number of ether oxygens (including phenoxy) is 4. The predicted octanol–water partition coefficient (Wildman–Crippen LogP) is 3.06. The maximum atomic E-state index is 12.8. The highest BCUT2D eigenvalue weighted by molar-refractivity contribution is 5.90. The number of hydrogen-bond acceptors (Lipinski definition) is 8. The van der Waals surface area contributed by atoms with Gasteiger partial charge in [-0.2, -0.15) is 13.2 Å². The Balaban J connectivity index is 1.97. The van der Waals surface area contributed by atoms with Gasteiger partial charge in [0, 0.05) is 12.3 Å². The van der Waals surface area contributed by atoms with E-state index in [1.807, 2.05) is 0 Å². The first kappa shape index (κ1) is 27.6. The molecule has 1 aromatic heterocycles. The summed E-state index contributed by atoms with van der Waals surface area (Å²) in [5, 5.41) is 0. The van der Waals surface area contributed by atoms with Gasteiger partial charge in [0.2, 0.25) is 5.43 Å². The van der Waals surface area contributed by atoms with E-state index in [9.17, 15) is 27.6 Å². The zero-order valence-corrected chi connectivity index (χ0v) is 19.9. The number of carbonyl (C=O) groups excluding carboxylic acids is 2. The van der Waals surface area contributed by atoms with Crippen LogP contribution in [0.15, 0.2) is 60.0 Å². The standard InChI is InChI=1S/C24H26F3N3O7/c1-3-11-35-23(33)30-16(2)12-34-14-19(30)28-29-10-9-18(31)21(36-13-17-7-5-4-6-8-17)20(29)22(32)37-15-24(25,26)27/h3-10,16,19,28H,1,11-15H2,2H3/t16-,19?/m0/s1. The lowest BCUT2D eigenvalue weighted by atomic mass is 10.2. The van der Waals surface area contributed by atoms with Crippen molar-refractivity contribution in [3.63, 3.8) is 0 Å². The van der Waals surface area contributed by atoms with Crippen LogP contribution in [-0.2, 0) is 20.8 Å². The van der Waals surface area contributed by atoms with E-state index in [0.717, 1.165) is 16.9 Å².